The van der Waals surface area contributed by atoms with Crippen molar-refractivity contribution in [1.29, 1.82) is 5.26 Å². The molecule has 4 rings (SSSR count). The third kappa shape index (κ3) is 5.31. The molecule has 168 valence electrons. The van der Waals surface area contributed by atoms with E-state index in [1.807, 2.05) is 18.2 Å². The van der Waals surface area contributed by atoms with Crippen LogP contribution in [0.3, 0.4) is 0 Å². The SMILES string of the molecule is C=C(C)c1cnc(Nc2ccc(Oc3cccc(C#N)n3)cc2)n(Cc2ccc(Cl)cc2)c1=O. The van der Waals surface area contributed by atoms with Gasteiger partial charge in [0.1, 0.15) is 17.5 Å². The third-order valence-electron chi connectivity index (χ3n) is 4.93. The maximum atomic E-state index is 13.1. The van der Waals surface area contributed by atoms with Crippen molar-refractivity contribution in [1.82, 2.24) is 14.5 Å². The average molecular weight is 470 g/mol. The molecule has 0 amide bonds. The minimum Gasteiger partial charge on any atom is -0.439 e. The van der Waals surface area contributed by atoms with E-state index in [2.05, 4.69) is 21.9 Å². The van der Waals surface area contributed by atoms with Gasteiger partial charge < -0.3 is 10.1 Å². The number of nitrogens with zero attached hydrogens (tertiary/aromatic N) is 4. The Bertz CT molecular complexity index is 1440. The molecule has 0 aliphatic carbocycles. The number of nitrogens with one attached hydrogen (secondary N) is 1. The molecular formula is C26H20ClN5O2. The van der Waals surface area contributed by atoms with Crippen LogP contribution < -0.4 is 15.6 Å². The Balaban J connectivity index is 1.59. The first kappa shape index (κ1) is 22.8. The number of benzene rings is 2. The highest BCUT2D eigenvalue weighted by Crippen LogP contribution is 2.23. The summed E-state index contributed by atoms with van der Waals surface area (Å²) in [6, 6.07) is 21.4. The number of nitriles is 1. The molecule has 0 saturated carbocycles. The van der Waals surface area contributed by atoms with Crippen molar-refractivity contribution in [3.05, 3.63) is 112 Å². The van der Waals surface area contributed by atoms with Gasteiger partial charge in [-0.2, -0.15) is 5.26 Å². The molecule has 1 N–H and O–H groups in total. The van der Waals surface area contributed by atoms with Crippen molar-refractivity contribution in [3.63, 3.8) is 0 Å². The van der Waals surface area contributed by atoms with Gasteiger partial charge in [-0.3, -0.25) is 9.36 Å². The fraction of sp³-hybridized carbons (Fsp3) is 0.0769. The normalized spacial score (nSPS) is 10.4. The maximum absolute atomic E-state index is 13.1. The average Bonchev–Trinajstić information content (AvgIpc) is 2.83. The smallest absolute Gasteiger partial charge is 0.262 e. The first-order chi connectivity index (χ1) is 16.4. The van der Waals surface area contributed by atoms with E-state index < -0.39 is 0 Å². The second-order valence-electron chi connectivity index (χ2n) is 7.52. The molecule has 0 aliphatic rings. The molecule has 0 fully saturated rings. The fourth-order valence-electron chi connectivity index (χ4n) is 3.19. The van der Waals surface area contributed by atoms with Gasteiger partial charge in [0.2, 0.25) is 11.8 Å². The van der Waals surface area contributed by atoms with Crippen LogP contribution in [0.2, 0.25) is 5.02 Å². The van der Waals surface area contributed by atoms with Crippen molar-refractivity contribution < 1.29 is 4.74 Å². The van der Waals surface area contributed by atoms with Crippen molar-refractivity contribution in [2.45, 2.75) is 13.5 Å². The Morgan fingerprint density at radius 3 is 2.56 bits per heavy atom. The van der Waals surface area contributed by atoms with E-state index in [9.17, 15) is 4.79 Å². The van der Waals surface area contributed by atoms with Crippen LogP contribution in [0.15, 0.2) is 84.3 Å². The van der Waals surface area contributed by atoms with Crippen LogP contribution in [0, 0.1) is 11.3 Å². The van der Waals surface area contributed by atoms with Gasteiger partial charge in [-0.1, -0.05) is 36.4 Å². The summed E-state index contributed by atoms with van der Waals surface area (Å²) < 4.78 is 7.28. The monoisotopic (exact) mass is 469 g/mol. The molecule has 4 aromatic rings. The summed E-state index contributed by atoms with van der Waals surface area (Å²) in [5, 5.41) is 12.8. The highest BCUT2D eigenvalue weighted by Gasteiger charge is 2.12. The molecule has 0 saturated heterocycles. The van der Waals surface area contributed by atoms with Gasteiger partial charge in [0.05, 0.1) is 12.1 Å². The largest absolute Gasteiger partial charge is 0.439 e. The topological polar surface area (TPSA) is 92.8 Å². The molecule has 0 unspecified atom stereocenters. The van der Waals surface area contributed by atoms with E-state index in [1.54, 1.807) is 66.1 Å². The number of aromatic nitrogens is 3. The van der Waals surface area contributed by atoms with Gasteiger partial charge in [-0.25, -0.2) is 9.97 Å². The van der Waals surface area contributed by atoms with Crippen LogP contribution in [-0.4, -0.2) is 14.5 Å². The summed E-state index contributed by atoms with van der Waals surface area (Å²) in [6.45, 7) is 5.98. The molecular weight excluding hydrogens is 450 g/mol. The molecule has 34 heavy (non-hydrogen) atoms. The lowest BCUT2D eigenvalue weighted by molar-refractivity contribution is 0.462. The van der Waals surface area contributed by atoms with Crippen LogP contribution in [-0.2, 0) is 6.54 Å². The van der Waals surface area contributed by atoms with Crippen molar-refractivity contribution in [3.8, 4) is 17.7 Å². The summed E-state index contributed by atoms with van der Waals surface area (Å²) in [6.07, 6.45) is 1.52. The summed E-state index contributed by atoms with van der Waals surface area (Å²) in [5.41, 5.74) is 2.80. The summed E-state index contributed by atoms with van der Waals surface area (Å²) in [5.74, 6) is 1.27. The second-order valence-corrected chi connectivity index (χ2v) is 7.95. The number of ether oxygens (including phenoxy) is 1. The van der Waals surface area contributed by atoms with Crippen LogP contribution in [0.5, 0.6) is 11.6 Å². The van der Waals surface area contributed by atoms with Gasteiger partial charge in [-0.05, 0) is 60.5 Å². The number of allylic oxidation sites excluding steroid dienone is 1. The first-order valence-electron chi connectivity index (χ1n) is 10.3. The number of rotatable bonds is 7. The minimum atomic E-state index is -0.191. The van der Waals surface area contributed by atoms with Gasteiger partial charge in [-0.15, -0.1) is 0 Å². The highest BCUT2D eigenvalue weighted by atomic mass is 35.5. The van der Waals surface area contributed by atoms with E-state index >= 15 is 0 Å². The third-order valence-corrected chi connectivity index (χ3v) is 5.18. The van der Waals surface area contributed by atoms with Gasteiger partial charge in [0.25, 0.3) is 5.56 Å². The second kappa shape index (κ2) is 10.0. The Labute approximate surface area is 201 Å². The predicted molar refractivity (Wildman–Crippen MR) is 133 cm³/mol. The standard InChI is InChI=1S/C26H20ClN5O2/c1-17(2)23-15-29-26(32(25(23)33)16-18-6-8-19(27)9-7-18)31-20-10-12-22(13-11-20)34-24-5-3-4-21(14-28)30-24/h3-13,15H,1,16H2,2H3,(H,29,31). The summed E-state index contributed by atoms with van der Waals surface area (Å²) in [7, 11) is 0. The summed E-state index contributed by atoms with van der Waals surface area (Å²) >= 11 is 6.00. The molecule has 0 bridgehead atoms. The Morgan fingerprint density at radius 2 is 1.88 bits per heavy atom. The van der Waals surface area contributed by atoms with Crippen LogP contribution in [0.1, 0.15) is 23.7 Å². The zero-order valence-electron chi connectivity index (χ0n) is 18.3. The van der Waals surface area contributed by atoms with E-state index in [0.717, 1.165) is 5.56 Å². The number of halogens is 1. The molecule has 2 aromatic heterocycles. The van der Waals surface area contributed by atoms with Crippen molar-refractivity contribution in [2.24, 2.45) is 0 Å². The number of hydrogen-bond acceptors (Lipinski definition) is 6. The number of anilines is 2. The zero-order chi connectivity index (χ0) is 24.1. The Hall–Kier alpha value is -4.41. The van der Waals surface area contributed by atoms with Gasteiger partial charge >= 0.3 is 0 Å². The van der Waals surface area contributed by atoms with Crippen LogP contribution in [0.25, 0.3) is 5.57 Å². The van der Waals surface area contributed by atoms with E-state index in [-0.39, 0.29) is 11.3 Å². The molecule has 2 aromatic carbocycles. The lowest BCUT2D eigenvalue weighted by atomic mass is 10.2. The molecule has 0 aliphatic heterocycles. The van der Waals surface area contributed by atoms with Gasteiger partial charge in [0, 0.05) is 23.0 Å². The number of pyridine rings is 1. The van der Waals surface area contributed by atoms with E-state index in [0.29, 0.717) is 46.0 Å². The molecule has 7 nitrogen and oxygen atoms in total. The molecule has 2 heterocycles. The Morgan fingerprint density at radius 1 is 1.15 bits per heavy atom. The van der Waals surface area contributed by atoms with Crippen molar-refractivity contribution in [2.75, 3.05) is 5.32 Å². The van der Waals surface area contributed by atoms with Crippen LogP contribution in [0.4, 0.5) is 11.6 Å². The van der Waals surface area contributed by atoms with Crippen LogP contribution >= 0.6 is 11.6 Å². The maximum Gasteiger partial charge on any atom is 0.262 e. The highest BCUT2D eigenvalue weighted by molar-refractivity contribution is 6.30. The molecule has 8 heteroatoms. The number of hydrogen-bond donors (Lipinski definition) is 1. The predicted octanol–water partition coefficient (Wildman–Crippen LogP) is 5.78. The quantitative estimate of drug-likeness (QED) is 0.368. The van der Waals surface area contributed by atoms with Gasteiger partial charge in [0.15, 0.2) is 0 Å². The zero-order valence-corrected chi connectivity index (χ0v) is 19.1. The molecule has 0 spiro atoms. The first-order valence-corrected chi connectivity index (χ1v) is 10.7. The lowest BCUT2D eigenvalue weighted by Gasteiger charge is -2.15. The summed E-state index contributed by atoms with van der Waals surface area (Å²) in [4.78, 5) is 21.7. The van der Waals surface area contributed by atoms with Crippen molar-refractivity contribution >= 4 is 28.8 Å². The fourth-order valence-corrected chi connectivity index (χ4v) is 3.32. The van der Waals surface area contributed by atoms with E-state index in [4.69, 9.17) is 21.6 Å². The Kier molecular flexibility index (Phi) is 6.72. The minimum absolute atomic E-state index is 0.191. The van der Waals surface area contributed by atoms with E-state index in [1.165, 1.54) is 6.20 Å². The molecule has 0 atom stereocenters. The molecule has 0 radical (unpaired) electrons. The lowest BCUT2D eigenvalue weighted by Crippen LogP contribution is -2.27.